The summed E-state index contributed by atoms with van der Waals surface area (Å²) < 4.78 is 40.6. The number of methoxy groups -OCH3 is 4. The van der Waals surface area contributed by atoms with Crippen LogP contribution in [-0.2, 0) is 47.5 Å². The average Bonchev–Trinajstić information content (AvgIpc) is 3.35. The molecule has 0 radical (unpaired) electrons. The van der Waals surface area contributed by atoms with Gasteiger partial charge in [-0.15, -0.1) is 0 Å². The lowest BCUT2D eigenvalue weighted by molar-refractivity contribution is -0.317. The normalized spacial score (nSPS) is 29.3. The molecular weight excluding hydrogens is 899 g/mol. The fourth-order valence-electron chi connectivity index (χ4n) is 10.7. The largest absolute Gasteiger partial charge is 0.392 e. The topological polar surface area (TPSA) is 200 Å². The number of ketones is 2. The Labute approximate surface area is 421 Å². The molecule has 3 aliphatic rings. The molecule has 1 saturated carbocycles. The lowest BCUT2D eigenvalue weighted by atomic mass is 9.77. The Morgan fingerprint density at radius 3 is 2.21 bits per heavy atom. The molecule has 3 rings (SSSR count). The highest BCUT2D eigenvalue weighted by atomic mass is 16.6. The number of carbonyl (C=O) groups excluding carboxylic acids is 3. The second-order valence-electron chi connectivity index (χ2n) is 20.8. The molecular formula is C55H95NO14. The molecule has 0 bridgehead atoms. The molecule has 15 nitrogen and oxygen atoms in total. The van der Waals surface area contributed by atoms with Crippen LogP contribution in [-0.4, -0.2) is 164 Å². The highest BCUT2D eigenvalue weighted by Crippen LogP contribution is 2.39. The van der Waals surface area contributed by atoms with E-state index in [1.807, 2.05) is 51.2 Å². The number of nitrogens with zero attached hydrogens (tertiary/aromatic N) is 1. The van der Waals surface area contributed by atoms with E-state index in [9.17, 15) is 34.8 Å². The lowest BCUT2D eigenvalue weighted by Crippen LogP contribution is -2.62. The summed E-state index contributed by atoms with van der Waals surface area (Å²) in [4.78, 5) is 42.2. The predicted molar refractivity (Wildman–Crippen MR) is 270 cm³/mol. The van der Waals surface area contributed by atoms with E-state index in [0.717, 1.165) is 50.5 Å². The Kier molecular flexibility index (Phi) is 27.7. The summed E-state index contributed by atoms with van der Waals surface area (Å²) in [5.41, 5.74) is 0.938. The Hall–Kier alpha value is -2.41. The van der Waals surface area contributed by atoms with Crippen molar-refractivity contribution in [2.45, 2.75) is 206 Å². The molecule has 1 amide bonds. The summed E-state index contributed by atoms with van der Waals surface area (Å²) in [6, 6.07) is 0.00226. The minimum absolute atomic E-state index is 0.00226. The summed E-state index contributed by atoms with van der Waals surface area (Å²) in [6.07, 6.45) is 12.4. The van der Waals surface area contributed by atoms with Crippen LogP contribution in [0.5, 0.6) is 0 Å². The Morgan fingerprint density at radius 2 is 1.57 bits per heavy atom. The number of hydrogen-bond acceptors (Lipinski definition) is 14. The number of piperidine rings is 1. The number of likely N-dealkylation sites (tertiary alicyclic amines) is 1. The van der Waals surface area contributed by atoms with Gasteiger partial charge in [-0.25, -0.2) is 0 Å². The zero-order valence-electron chi connectivity index (χ0n) is 45.0. The maximum Gasteiger partial charge on any atom is 0.257 e. The van der Waals surface area contributed by atoms with Gasteiger partial charge in [0.2, 0.25) is 5.79 Å². The zero-order valence-corrected chi connectivity index (χ0v) is 45.0. The second kappa shape index (κ2) is 31.4. The third-order valence-electron chi connectivity index (χ3n) is 15.8. The van der Waals surface area contributed by atoms with Crippen LogP contribution in [0.3, 0.4) is 0 Å². The minimum Gasteiger partial charge on any atom is -0.392 e. The van der Waals surface area contributed by atoms with E-state index in [1.54, 1.807) is 53.9 Å². The predicted octanol–water partition coefficient (Wildman–Crippen LogP) is 6.95. The maximum atomic E-state index is 13.6. The first-order chi connectivity index (χ1) is 33.3. The molecule has 1 aliphatic carbocycles. The summed E-state index contributed by atoms with van der Waals surface area (Å²) >= 11 is 0. The van der Waals surface area contributed by atoms with E-state index in [4.69, 9.17) is 33.2 Å². The summed E-state index contributed by atoms with van der Waals surface area (Å²) in [5.74, 6) is -4.94. The second-order valence-corrected chi connectivity index (χ2v) is 20.8. The van der Waals surface area contributed by atoms with E-state index >= 15 is 0 Å². The number of allylic oxidation sites excluding steroid dienone is 5. The maximum absolute atomic E-state index is 13.6. The van der Waals surface area contributed by atoms with Gasteiger partial charge < -0.3 is 58.5 Å². The number of rotatable bonds is 31. The van der Waals surface area contributed by atoms with Crippen LogP contribution in [0.2, 0.25) is 0 Å². The monoisotopic (exact) mass is 994 g/mol. The van der Waals surface area contributed by atoms with Crippen LogP contribution in [0, 0.1) is 35.5 Å². The van der Waals surface area contributed by atoms with Crippen LogP contribution in [0.4, 0.5) is 0 Å². The van der Waals surface area contributed by atoms with Gasteiger partial charge in [-0.05, 0) is 109 Å². The van der Waals surface area contributed by atoms with Crippen LogP contribution in [0.1, 0.15) is 139 Å². The zero-order chi connectivity index (χ0) is 52.1. The van der Waals surface area contributed by atoms with Gasteiger partial charge in [0.05, 0.1) is 55.9 Å². The number of ether oxygens (including phenoxy) is 7. The van der Waals surface area contributed by atoms with Crippen LogP contribution in [0.25, 0.3) is 0 Å². The van der Waals surface area contributed by atoms with Crippen molar-refractivity contribution in [2.75, 3.05) is 54.8 Å². The van der Waals surface area contributed by atoms with Gasteiger partial charge in [0.1, 0.15) is 11.9 Å². The van der Waals surface area contributed by atoms with Gasteiger partial charge >= 0.3 is 0 Å². The van der Waals surface area contributed by atoms with Crippen molar-refractivity contribution in [1.29, 1.82) is 0 Å². The third kappa shape index (κ3) is 17.9. The molecule has 2 heterocycles. The van der Waals surface area contributed by atoms with E-state index in [0.29, 0.717) is 64.4 Å². The highest BCUT2D eigenvalue weighted by Gasteiger charge is 2.52. The molecule has 0 aromatic carbocycles. The average molecular weight is 994 g/mol. The van der Waals surface area contributed by atoms with Crippen molar-refractivity contribution in [3.8, 4) is 0 Å². The lowest BCUT2D eigenvalue weighted by Gasteiger charge is -2.46. The molecule has 4 N–H and O–H groups in total. The van der Waals surface area contributed by atoms with E-state index in [2.05, 4.69) is 6.92 Å². The SMILES string of the molecule is CCOCCOC1CCC(CC(C)C(CC(=O)C(C)C(O)C(C)C(O)C(OC)C(=O)C(C)CC/C=C/C=C/C=C(\C)C(CC2CCC(C)C(O)(C(O)C(=O)N3CCCCC3C)O2)OC)OC)CC1OC. The first-order valence-electron chi connectivity index (χ1n) is 26.4. The summed E-state index contributed by atoms with van der Waals surface area (Å²) in [6.45, 7) is 17.2. The number of Topliss-reactive ketones (excluding diaryl/α,β-unsaturated/α-hetero) is 2. The van der Waals surface area contributed by atoms with Gasteiger partial charge in [-0.1, -0.05) is 65.0 Å². The van der Waals surface area contributed by atoms with Gasteiger partial charge in [-0.3, -0.25) is 14.4 Å². The first-order valence-corrected chi connectivity index (χ1v) is 26.4. The number of aliphatic hydroxyl groups excluding tert-OH is 3. The molecule has 0 spiro atoms. The molecule has 17 unspecified atom stereocenters. The molecule has 0 aromatic rings. The van der Waals surface area contributed by atoms with E-state index < -0.39 is 65.9 Å². The number of amides is 1. The van der Waals surface area contributed by atoms with Crippen LogP contribution in [0.15, 0.2) is 36.0 Å². The Bertz CT molecular complexity index is 1640. The minimum atomic E-state index is -1.99. The van der Waals surface area contributed by atoms with Crippen molar-refractivity contribution in [2.24, 2.45) is 35.5 Å². The van der Waals surface area contributed by atoms with Crippen molar-refractivity contribution in [3.05, 3.63) is 36.0 Å². The molecule has 2 aliphatic heterocycles. The van der Waals surface area contributed by atoms with Crippen LogP contribution >= 0.6 is 0 Å². The third-order valence-corrected chi connectivity index (χ3v) is 15.8. The standard InChI is InChI=1S/C55H95NO14/c1-13-68-29-30-69-45-27-25-42(32-48(45)66-11)31-37(4)47(65-10)34-44(57)40(7)50(59)41(8)51(60)52(67-12)49(58)36(3)22-18-16-14-15-17-21-35(2)46(64-9)33-43-26-24-38(5)55(63,70-43)53(61)54(62)56-28-20-19-23-39(56)6/h14-17,21,36-43,45-48,50-53,59-61,63H,13,18-20,22-34H2,1-12H3/b16-14+,17-15+,35-21+. The molecule has 404 valence electrons. The van der Waals surface area contributed by atoms with Gasteiger partial charge in [0.25, 0.3) is 5.91 Å². The van der Waals surface area contributed by atoms with Gasteiger partial charge in [-0.2, -0.15) is 0 Å². The summed E-state index contributed by atoms with van der Waals surface area (Å²) in [5, 5.41) is 45.5. The molecule has 15 heteroatoms. The fraction of sp³-hybridized carbons (Fsp3) is 0.836. The number of aliphatic hydroxyl groups is 4. The summed E-state index contributed by atoms with van der Waals surface area (Å²) in [7, 11) is 6.32. The number of hydrogen-bond donors (Lipinski definition) is 4. The van der Waals surface area contributed by atoms with Crippen molar-refractivity contribution in [3.63, 3.8) is 0 Å². The van der Waals surface area contributed by atoms with Crippen LogP contribution < -0.4 is 0 Å². The quantitative estimate of drug-likeness (QED) is 0.0411. The fourth-order valence-corrected chi connectivity index (χ4v) is 10.7. The van der Waals surface area contributed by atoms with Crippen molar-refractivity contribution >= 4 is 17.5 Å². The highest BCUT2D eigenvalue weighted by molar-refractivity contribution is 5.86. The van der Waals surface area contributed by atoms with Crippen molar-refractivity contribution < 1.29 is 68.0 Å². The van der Waals surface area contributed by atoms with E-state index in [-0.39, 0.29) is 54.4 Å². The molecule has 70 heavy (non-hydrogen) atoms. The smallest absolute Gasteiger partial charge is 0.257 e. The number of carbonyl (C=O) groups is 3. The molecule has 2 saturated heterocycles. The molecule has 0 aromatic heterocycles. The van der Waals surface area contributed by atoms with Gasteiger partial charge in [0.15, 0.2) is 11.9 Å². The van der Waals surface area contributed by atoms with Crippen molar-refractivity contribution in [1.82, 2.24) is 4.90 Å². The molecule has 3 fully saturated rings. The van der Waals surface area contributed by atoms with E-state index in [1.165, 1.54) is 7.11 Å². The Morgan fingerprint density at radius 1 is 0.843 bits per heavy atom. The Balaban J connectivity index is 1.46. The van der Waals surface area contributed by atoms with Gasteiger partial charge in [0, 0.05) is 84.1 Å². The first kappa shape index (κ1) is 61.9. The molecule has 17 atom stereocenters.